The summed E-state index contributed by atoms with van der Waals surface area (Å²) in [7, 11) is 0. The maximum atomic E-state index is 12.7. The Hall–Kier alpha value is -4.03. The number of rotatable bonds is 18. The molecular weight excluding hydrogens is 596 g/mol. The fourth-order valence-electron chi connectivity index (χ4n) is 4.02. The predicted octanol–water partition coefficient (Wildman–Crippen LogP) is 7.35. The third kappa shape index (κ3) is 12.4. The molecule has 0 aromatic heterocycles. The highest BCUT2D eigenvalue weighted by atomic mass is 17.2. The van der Waals surface area contributed by atoms with Crippen LogP contribution in [0, 0.1) is 0 Å². The van der Waals surface area contributed by atoms with Crippen molar-refractivity contribution in [3.05, 3.63) is 95.5 Å². The van der Waals surface area contributed by atoms with Gasteiger partial charge < -0.3 is 28.7 Å². The van der Waals surface area contributed by atoms with Crippen LogP contribution in [0.15, 0.2) is 84.3 Å². The molecule has 0 bridgehead atoms. The van der Waals surface area contributed by atoms with E-state index in [1.165, 1.54) is 40.2 Å². The van der Waals surface area contributed by atoms with E-state index in [1.807, 2.05) is 88.4 Å². The number of carbonyl (C=O) groups excluding carboxylic acids is 3. The highest BCUT2D eigenvalue weighted by Crippen LogP contribution is 2.26. The van der Waals surface area contributed by atoms with Crippen molar-refractivity contribution in [1.29, 1.82) is 0 Å². The Labute approximate surface area is 271 Å². The molecule has 252 valence electrons. The average Bonchev–Trinajstić information content (AvgIpc) is 3.00. The summed E-state index contributed by atoms with van der Waals surface area (Å²) in [6.45, 7) is 16.3. The fourth-order valence-corrected chi connectivity index (χ4v) is 4.02. The summed E-state index contributed by atoms with van der Waals surface area (Å²) < 4.78 is 21.2. The molecule has 11 heteroatoms. The van der Waals surface area contributed by atoms with E-state index in [1.54, 1.807) is 13.8 Å². The standard InChI is InChI=1S/C35H46O11/c1-23(21-39-45-34(7,8)29-17-13-11-14-18-29)31(36)25(3)41-27(5)43-33(38)44-28(6)42-26(4)32(37)24(2)22-40-46-35(9,10)30-19-15-12-16-20-30/h11-22,25-28H,1-10H3/b23-21+,24-22+. The number of ketones is 2. The van der Waals surface area contributed by atoms with Crippen molar-refractivity contribution < 1.29 is 52.9 Å². The molecule has 4 atom stereocenters. The number of hydrogen-bond donors (Lipinski definition) is 0. The van der Waals surface area contributed by atoms with Gasteiger partial charge in [0.1, 0.15) is 35.9 Å². The Morgan fingerprint density at radius 3 is 1.24 bits per heavy atom. The highest BCUT2D eigenvalue weighted by molar-refractivity contribution is 5.98. The van der Waals surface area contributed by atoms with E-state index >= 15 is 0 Å². The Morgan fingerprint density at radius 1 is 0.587 bits per heavy atom. The number of benzene rings is 2. The van der Waals surface area contributed by atoms with E-state index in [4.69, 9.17) is 38.5 Å². The first-order valence-corrected chi connectivity index (χ1v) is 14.9. The minimum Gasteiger partial charge on any atom is -0.405 e. The molecule has 2 rings (SSSR count). The molecule has 0 heterocycles. The van der Waals surface area contributed by atoms with E-state index in [2.05, 4.69) is 0 Å². The SMILES string of the molecule is C/C(=C\OOC(C)(C)c1ccccc1)C(=O)C(C)OC(C)OC(=O)OC(C)OC(C)C(=O)/C(C)=C/OOC(C)(C)c1ccccc1. The molecule has 4 unspecified atom stereocenters. The summed E-state index contributed by atoms with van der Waals surface area (Å²) in [6, 6.07) is 19.0. The molecule has 2 aromatic carbocycles. The maximum Gasteiger partial charge on any atom is 0.512 e. The van der Waals surface area contributed by atoms with E-state index in [0.717, 1.165) is 11.1 Å². The van der Waals surface area contributed by atoms with Gasteiger partial charge in [0.25, 0.3) is 0 Å². The summed E-state index contributed by atoms with van der Waals surface area (Å²) in [4.78, 5) is 59.1. The third-order valence-electron chi connectivity index (χ3n) is 6.73. The second-order valence-electron chi connectivity index (χ2n) is 11.6. The quantitative estimate of drug-likeness (QED) is 0.0404. The minimum atomic E-state index is -1.14. The maximum absolute atomic E-state index is 12.7. The number of Topliss-reactive ketones (excluding diaryl/α,β-unsaturated/α-hetero) is 2. The van der Waals surface area contributed by atoms with E-state index in [0.29, 0.717) is 0 Å². The molecule has 0 fully saturated rings. The van der Waals surface area contributed by atoms with Crippen LogP contribution in [0.25, 0.3) is 0 Å². The molecule has 0 aliphatic rings. The van der Waals surface area contributed by atoms with E-state index in [-0.39, 0.29) is 11.1 Å². The zero-order chi connectivity index (χ0) is 34.5. The van der Waals surface area contributed by atoms with Gasteiger partial charge in [-0.25, -0.2) is 4.79 Å². The molecule has 2 aromatic rings. The van der Waals surface area contributed by atoms with Crippen LogP contribution in [0.1, 0.15) is 80.4 Å². The molecule has 46 heavy (non-hydrogen) atoms. The molecular formula is C35H46O11. The van der Waals surface area contributed by atoms with Gasteiger partial charge in [0.2, 0.25) is 12.6 Å². The minimum absolute atomic E-state index is 0.230. The van der Waals surface area contributed by atoms with Crippen LogP contribution in [0.4, 0.5) is 4.79 Å². The highest BCUT2D eigenvalue weighted by Gasteiger charge is 2.27. The lowest BCUT2D eigenvalue weighted by atomic mass is 9.99. The molecule has 0 amide bonds. The molecule has 0 aliphatic carbocycles. The smallest absolute Gasteiger partial charge is 0.405 e. The van der Waals surface area contributed by atoms with Gasteiger partial charge in [-0.3, -0.25) is 9.59 Å². The molecule has 0 radical (unpaired) electrons. The van der Waals surface area contributed by atoms with Crippen molar-refractivity contribution in [2.24, 2.45) is 0 Å². The Bertz CT molecular complexity index is 1230. The molecule has 11 nitrogen and oxygen atoms in total. The summed E-state index contributed by atoms with van der Waals surface area (Å²) in [5, 5.41) is 0. The molecule has 0 aliphatic heterocycles. The van der Waals surface area contributed by atoms with Crippen molar-refractivity contribution >= 4 is 17.7 Å². The van der Waals surface area contributed by atoms with Crippen molar-refractivity contribution in [3.63, 3.8) is 0 Å². The van der Waals surface area contributed by atoms with E-state index in [9.17, 15) is 14.4 Å². The summed E-state index contributed by atoms with van der Waals surface area (Å²) in [5.41, 5.74) is 0.747. The van der Waals surface area contributed by atoms with Gasteiger partial charge in [0.05, 0.1) is 0 Å². The third-order valence-corrected chi connectivity index (χ3v) is 6.73. The van der Waals surface area contributed by atoms with Crippen LogP contribution in [0.5, 0.6) is 0 Å². The van der Waals surface area contributed by atoms with Gasteiger partial charge >= 0.3 is 6.16 Å². The second kappa shape index (κ2) is 17.6. The topological polar surface area (TPSA) is 125 Å². The number of hydrogen-bond acceptors (Lipinski definition) is 11. The Kier molecular flexibility index (Phi) is 14.6. The Balaban J connectivity index is 1.76. The van der Waals surface area contributed by atoms with Gasteiger partial charge in [-0.05, 0) is 80.4 Å². The molecule has 0 saturated heterocycles. The zero-order valence-electron chi connectivity index (χ0n) is 28.2. The normalized spacial score (nSPS) is 15.3. The first-order valence-electron chi connectivity index (χ1n) is 14.9. The zero-order valence-corrected chi connectivity index (χ0v) is 28.2. The first kappa shape index (κ1) is 38.2. The number of ether oxygens (including phenoxy) is 4. The lowest BCUT2D eigenvalue weighted by Crippen LogP contribution is -2.32. The summed E-state index contributed by atoms with van der Waals surface area (Å²) in [6.07, 6.45) is -2.96. The Morgan fingerprint density at radius 2 is 0.913 bits per heavy atom. The monoisotopic (exact) mass is 642 g/mol. The van der Waals surface area contributed by atoms with Crippen molar-refractivity contribution in [2.45, 2.75) is 105 Å². The van der Waals surface area contributed by atoms with Crippen LogP contribution < -0.4 is 0 Å². The van der Waals surface area contributed by atoms with E-state index < -0.39 is 53.7 Å². The van der Waals surface area contributed by atoms with Crippen LogP contribution in [-0.2, 0) is 59.3 Å². The van der Waals surface area contributed by atoms with Crippen LogP contribution in [0.3, 0.4) is 0 Å². The van der Waals surface area contributed by atoms with Gasteiger partial charge in [-0.15, -0.1) is 0 Å². The van der Waals surface area contributed by atoms with Crippen molar-refractivity contribution in [2.75, 3.05) is 0 Å². The molecule has 0 N–H and O–H groups in total. The van der Waals surface area contributed by atoms with Gasteiger partial charge in [-0.2, -0.15) is 9.78 Å². The lowest BCUT2D eigenvalue weighted by Gasteiger charge is -2.23. The summed E-state index contributed by atoms with van der Waals surface area (Å²) in [5.74, 6) is -0.814. The molecule has 0 saturated carbocycles. The van der Waals surface area contributed by atoms with Gasteiger partial charge in [0.15, 0.2) is 11.6 Å². The van der Waals surface area contributed by atoms with Crippen LogP contribution in [-0.4, -0.2) is 42.5 Å². The van der Waals surface area contributed by atoms with Crippen molar-refractivity contribution in [3.8, 4) is 0 Å². The van der Waals surface area contributed by atoms with Crippen molar-refractivity contribution in [1.82, 2.24) is 0 Å². The van der Waals surface area contributed by atoms with Crippen LogP contribution in [0.2, 0.25) is 0 Å². The number of carbonyl (C=O) groups is 3. The lowest BCUT2D eigenvalue weighted by molar-refractivity contribution is -0.321. The summed E-state index contributed by atoms with van der Waals surface area (Å²) >= 11 is 0. The predicted molar refractivity (Wildman–Crippen MR) is 168 cm³/mol. The van der Waals surface area contributed by atoms with Crippen LogP contribution >= 0.6 is 0 Å². The second-order valence-corrected chi connectivity index (χ2v) is 11.6. The average molecular weight is 643 g/mol. The largest absolute Gasteiger partial charge is 0.512 e. The molecule has 0 spiro atoms. The first-order chi connectivity index (χ1) is 21.5. The van der Waals surface area contributed by atoms with Gasteiger partial charge in [-0.1, -0.05) is 60.7 Å². The van der Waals surface area contributed by atoms with Gasteiger partial charge in [0, 0.05) is 11.1 Å². The fraction of sp³-hybridized carbons (Fsp3) is 0.457.